The van der Waals surface area contributed by atoms with Crippen LogP contribution in [-0.2, 0) is 0 Å². The highest BCUT2D eigenvalue weighted by molar-refractivity contribution is 6.13. The van der Waals surface area contributed by atoms with Gasteiger partial charge < -0.3 is 9.13 Å². The second kappa shape index (κ2) is 11.5. The summed E-state index contributed by atoms with van der Waals surface area (Å²) in [5.41, 5.74) is 14.5. The van der Waals surface area contributed by atoms with E-state index in [4.69, 9.17) is 0 Å². The van der Waals surface area contributed by atoms with Crippen molar-refractivity contribution in [3.8, 4) is 44.8 Å². The average molecular weight is 637 g/mol. The van der Waals surface area contributed by atoms with Gasteiger partial charge in [-0.3, -0.25) is 0 Å². The normalized spacial score (nSPS) is 11.6. The fraction of sp³-hybridized carbons (Fsp3) is 0. The lowest BCUT2D eigenvalue weighted by atomic mass is 9.97. The van der Waals surface area contributed by atoms with E-state index >= 15 is 0 Å². The molecule has 0 saturated carbocycles. The minimum Gasteiger partial charge on any atom is -0.309 e. The quantitative estimate of drug-likeness (QED) is 0.178. The minimum atomic E-state index is 1.16. The molecular formula is C48H32N2. The van der Waals surface area contributed by atoms with Crippen LogP contribution in [0.25, 0.3) is 88.4 Å². The Bertz CT molecular complexity index is 2840. The Balaban J connectivity index is 1.15. The molecule has 0 aliphatic rings. The SMILES string of the molecule is c1ccc(-c2cccc(-c3ccc4c5cc(-c6ccc7c(c6)c6ccccc6n7-c6ccccc6)ccc5n(-c5ccccc5)c4c3)c2)cc1. The van der Waals surface area contributed by atoms with E-state index in [1.165, 1.54) is 82.7 Å². The lowest BCUT2D eigenvalue weighted by Gasteiger charge is -2.10. The number of hydrogen-bond donors (Lipinski definition) is 0. The Morgan fingerprint density at radius 3 is 1.28 bits per heavy atom. The van der Waals surface area contributed by atoms with Gasteiger partial charge in [0.25, 0.3) is 0 Å². The van der Waals surface area contributed by atoms with Crippen LogP contribution in [0.3, 0.4) is 0 Å². The van der Waals surface area contributed by atoms with Crippen molar-refractivity contribution < 1.29 is 0 Å². The van der Waals surface area contributed by atoms with Crippen molar-refractivity contribution in [2.45, 2.75) is 0 Å². The summed E-state index contributed by atoms with van der Waals surface area (Å²) < 4.78 is 4.79. The molecule has 0 N–H and O–H groups in total. The average Bonchev–Trinajstić information content (AvgIpc) is 3.70. The summed E-state index contributed by atoms with van der Waals surface area (Å²) in [4.78, 5) is 0. The largest absolute Gasteiger partial charge is 0.309 e. The van der Waals surface area contributed by atoms with Gasteiger partial charge in [-0.05, 0) is 100 Å². The van der Waals surface area contributed by atoms with Crippen LogP contribution in [0.15, 0.2) is 194 Å². The molecule has 0 bridgehead atoms. The Morgan fingerprint density at radius 1 is 0.220 bits per heavy atom. The van der Waals surface area contributed by atoms with Crippen molar-refractivity contribution in [3.05, 3.63) is 194 Å². The van der Waals surface area contributed by atoms with Crippen molar-refractivity contribution in [2.24, 2.45) is 0 Å². The van der Waals surface area contributed by atoms with Gasteiger partial charge in [0, 0.05) is 32.9 Å². The highest BCUT2D eigenvalue weighted by Gasteiger charge is 2.17. The van der Waals surface area contributed by atoms with E-state index < -0.39 is 0 Å². The van der Waals surface area contributed by atoms with Crippen LogP contribution < -0.4 is 0 Å². The summed E-state index contributed by atoms with van der Waals surface area (Å²) in [7, 11) is 0. The molecule has 50 heavy (non-hydrogen) atoms. The van der Waals surface area contributed by atoms with Crippen LogP contribution in [0.2, 0.25) is 0 Å². The zero-order valence-corrected chi connectivity index (χ0v) is 27.4. The number of aromatic nitrogens is 2. The zero-order chi connectivity index (χ0) is 33.0. The maximum atomic E-state index is 2.41. The number of para-hydroxylation sites is 3. The van der Waals surface area contributed by atoms with Gasteiger partial charge in [0.1, 0.15) is 0 Å². The molecule has 234 valence electrons. The van der Waals surface area contributed by atoms with Crippen LogP contribution in [0.1, 0.15) is 0 Å². The lowest BCUT2D eigenvalue weighted by molar-refractivity contribution is 1.18. The molecule has 0 unspecified atom stereocenters. The first kappa shape index (κ1) is 28.4. The molecule has 0 spiro atoms. The van der Waals surface area contributed by atoms with Gasteiger partial charge in [-0.15, -0.1) is 0 Å². The molecular weight excluding hydrogens is 605 g/mol. The van der Waals surface area contributed by atoms with Crippen molar-refractivity contribution >= 4 is 43.6 Å². The number of benzene rings is 8. The van der Waals surface area contributed by atoms with E-state index in [1.807, 2.05) is 0 Å². The van der Waals surface area contributed by atoms with E-state index in [0.717, 1.165) is 5.69 Å². The predicted molar refractivity (Wildman–Crippen MR) is 211 cm³/mol. The van der Waals surface area contributed by atoms with Gasteiger partial charge in [-0.1, -0.05) is 127 Å². The topological polar surface area (TPSA) is 9.86 Å². The van der Waals surface area contributed by atoms with Crippen molar-refractivity contribution in [1.29, 1.82) is 0 Å². The fourth-order valence-electron chi connectivity index (χ4n) is 7.75. The van der Waals surface area contributed by atoms with Crippen LogP contribution in [0, 0.1) is 0 Å². The Morgan fingerprint density at radius 2 is 0.640 bits per heavy atom. The number of nitrogens with zero attached hydrogens (tertiary/aromatic N) is 2. The molecule has 0 saturated heterocycles. The first-order valence-electron chi connectivity index (χ1n) is 17.2. The van der Waals surface area contributed by atoms with Gasteiger partial charge in [0.05, 0.1) is 22.1 Å². The molecule has 2 aromatic heterocycles. The number of hydrogen-bond acceptors (Lipinski definition) is 0. The van der Waals surface area contributed by atoms with E-state index in [9.17, 15) is 0 Å². The Kier molecular flexibility index (Phi) is 6.53. The van der Waals surface area contributed by atoms with Crippen LogP contribution in [-0.4, -0.2) is 9.13 Å². The van der Waals surface area contributed by atoms with Gasteiger partial charge >= 0.3 is 0 Å². The maximum absolute atomic E-state index is 2.41. The van der Waals surface area contributed by atoms with Crippen molar-refractivity contribution in [3.63, 3.8) is 0 Å². The summed E-state index contributed by atoms with van der Waals surface area (Å²) in [6.45, 7) is 0. The first-order valence-corrected chi connectivity index (χ1v) is 17.2. The summed E-state index contributed by atoms with van der Waals surface area (Å²) in [5, 5.41) is 5.02. The van der Waals surface area contributed by atoms with E-state index in [1.54, 1.807) is 0 Å². The monoisotopic (exact) mass is 636 g/mol. The molecule has 0 atom stereocenters. The molecule has 0 fully saturated rings. The van der Waals surface area contributed by atoms with Crippen molar-refractivity contribution in [2.75, 3.05) is 0 Å². The second-order valence-corrected chi connectivity index (χ2v) is 13.0. The molecule has 0 aliphatic carbocycles. The van der Waals surface area contributed by atoms with Gasteiger partial charge in [0.2, 0.25) is 0 Å². The number of fused-ring (bicyclic) bond motifs is 6. The standard InChI is InChI=1S/C48H32N2/c1-4-13-33(14-5-1)34-15-12-16-35(29-34)38-23-26-42-44-31-37(25-28-47(44)50(48(42)32-38)40-19-8-3-9-20-40)36-24-27-46-43(30-36)41-21-10-11-22-45(41)49(46)39-17-6-2-7-18-39/h1-32H. The molecule has 0 radical (unpaired) electrons. The second-order valence-electron chi connectivity index (χ2n) is 13.0. The molecule has 0 aliphatic heterocycles. The third-order valence-electron chi connectivity index (χ3n) is 10.1. The van der Waals surface area contributed by atoms with E-state index in [2.05, 4.69) is 203 Å². The highest BCUT2D eigenvalue weighted by Crippen LogP contribution is 2.39. The first-order chi connectivity index (χ1) is 24.8. The van der Waals surface area contributed by atoms with Gasteiger partial charge in [-0.25, -0.2) is 0 Å². The van der Waals surface area contributed by atoms with Gasteiger partial charge in [-0.2, -0.15) is 0 Å². The third kappa shape index (κ3) is 4.57. The molecule has 10 aromatic rings. The van der Waals surface area contributed by atoms with Crippen molar-refractivity contribution in [1.82, 2.24) is 9.13 Å². The van der Waals surface area contributed by atoms with Gasteiger partial charge in [0.15, 0.2) is 0 Å². The summed E-state index contributed by atoms with van der Waals surface area (Å²) >= 11 is 0. The molecule has 0 amide bonds. The fourth-order valence-corrected chi connectivity index (χ4v) is 7.75. The molecule has 2 heterocycles. The lowest BCUT2D eigenvalue weighted by Crippen LogP contribution is -1.93. The predicted octanol–water partition coefficient (Wildman–Crippen LogP) is 12.9. The Labute approximate surface area is 290 Å². The smallest absolute Gasteiger partial charge is 0.0547 e. The third-order valence-corrected chi connectivity index (χ3v) is 10.1. The van der Waals surface area contributed by atoms with Crippen LogP contribution >= 0.6 is 0 Å². The minimum absolute atomic E-state index is 1.16. The summed E-state index contributed by atoms with van der Waals surface area (Å²) in [5.74, 6) is 0. The van der Waals surface area contributed by atoms with E-state index in [0.29, 0.717) is 0 Å². The Hall–Kier alpha value is -6.64. The number of rotatable bonds is 5. The molecule has 2 heteroatoms. The zero-order valence-electron chi connectivity index (χ0n) is 27.4. The van der Waals surface area contributed by atoms with Crippen LogP contribution in [0.5, 0.6) is 0 Å². The van der Waals surface area contributed by atoms with E-state index in [-0.39, 0.29) is 0 Å². The molecule has 10 rings (SSSR count). The summed E-state index contributed by atoms with van der Waals surface area (Å²) in [6, 6.07) is 70.4. The molecule has 2 nitrogen and oxygen atoms in total. The highest BCUT2D eigenvalue weighted by atomic mass is 15.0. The molecule has 8 aromatic carbocycles. The maximum Gasteiger partial charge on any atom is 0.0547 e. The van der Waals surface area contributed by atoms with Crippen LogP contribution in [0.4, 0.5) is 0 Å². The summed E-state index contributed by atoms with van der Waals surface area (Å²) in [6.07, 6.45) is 0.